The van der Waals surface area contributed by atoms with E-state index in [0.717, 1.165) is 81.9 Å². The van der Waals surface area contributed by atoms with E-state index in [2.05, 4.69) is 36.1 Å². The van der Waals surface area contributed by atoms with Gasteiger partial charge in [-0.2, -0.15) is 0 Å². The van der Waals surface area contributed by atoms with Crippen LogP contribution in [0.1, 0.15) is 50.0 Å². The first kappa shape index (κ1) is 25.7. The quantitative estimate of drug-likeness (QED) is 0.400. The van der Waals surface area contributed by atoms with Gasteiger partial charge >= 0.3 is 0 Å². The number of rotatable bonds is 9. The van der Waals surface area contributed by atoms with E-state index in [9.17, 15) is 5.11 Å². The Kier molecular flexibility index (Phi) is 8.40. The van der Waals surface area contributed by atoms with Crippen LogP contribution >= 0.6 is 0 Å². The first-order valence-corrected chi connectivity index (χ1v) is 13.5. The second kappa shape index (κ2) is 12.1. The van der Waals surface area contributed by atoms with Crippen LogP contribution in [0.25, 0.3) is 10.9 Å². The SMILES string of the molecule is CCC(O)c1cc2cnc(Nc3ccc(CN4CCN(CCO)CC4)cn3)nc2c(N2CCCCC2)n1. The van der Waals surface area contributed by atoms with Crippen LogP contribution < -0.4 is 10.2 Å². The van der Waals surface area contributed by atoms with Gasteiger partial charge in [0.1, 0.15) is 11.3 Å². The number of aliphatic hydroxyl groups excluding tert-OH is 2. The summed E-state index contributed by atoms with van der Waals surface area (Å²) in [6.45, 7) is 9.65. The molecule has 0 saturated carbocycles. The van der Waals surface area contributed by atoms with Gasteiger partial charge in [0, 0.05) is 70.1 Å². The smallest absolute Gasteiger partial charge is 0.229 e. The predicted octanol–water partition coefficient (Wildman–Crippen LogP) is 2.71. The summed E-state index contributed by atoms with van der Waals surface area (Å²) in [7, 11) is 0. The first-order chi connectivity index (χ1) is 18.1. The standard InChI is InChI=1S/C27H38N8O2/c1-2-23(37)22-16-21-18-29-27(32-25(21)26(30-22)35-8-4-3-5-9-35)31-24-7-6-20(17-28-24)19-34-12-10-33(11-13-34)14-15-36/h6-7,16-18,23,36-37H,2-5,8-15,19H2,1H3,(H,28,29,31,32). The van der Waals surface area contributed by atoms with Gasteiger partial charge in [0.05, 0.1) is 18.4 Å². The molecule has 2 aliphatic rings. The molecule has 0 spiro atoms. The molecule has 5 rings (SSSR count). The van der Waals surface area contributed by atoms with E-state index >= 15 is 0 Å². The summed E-state index contributed by atoms with van der Waals surface area (Å²) in [6.07, 6.45) is 7.22. The van der Waals surface area contributed by atoms with E-state index < -0.39 is 6.10 Å². The highest BCUT2D eigenvalue weighted by molar-refractivity contribution is 5.89. The molecule has 10 nitrogen and oxygen atoms in total. The third kappa shape index (κ3) is 6.32. The van der Waals surface area contributed by atoms with Gasteiger partial charge in [-0.05, 0) is 43.4 Å². The van der Waals surface area contributed by atoms with Crippen LogP contribution in [0.5, 0.6) is 0 Å². The molecule has 10 heteroatoms. The fourth-order valence-corrected chi connectivity index (χ4v) is 5.09. The molecular formula is C27H38N8O2. The molecule has 0 aliphatic carbocycles. The van der Waals surface area contributed by atoms with Crippen molar-refractivity contribution in [1.29, 1.82) is 0 Å². The van der Waals surface area contributed by atoms with E-state index in [0.29, 0.717) is 23.9 Å². The number of nitrogens with one attached hydrogen (secondary N) is 1. The maximum Gasteiger partial charge on any atom is 0.229 e. The summed E-state index contributed by atoms with van der Waals surface area (Å²) in [6, 6.07) is 5.96. The van der Waals surface area contributed by atoms with Crippen LogP contribution in [0.15, 0.2) is 30.6 Å². The Morgan fingerprint density at radius 1 is 0.946 bits per heavy atom. The molecule has 2 saturated heterocycles. The van der Waals surface area contributed by atoms with Crippen LogP contribution in [0.2, 0.25) is 0 Å². The topological polar surface area (TPSA) is 114 Å². The second-order valence-corrected chi connectivity index (χ2v) is 9.99. The molecule has 0 radical (unpaired) electrons. The molecule has 0 aromatic carbocycles. The van der Waals surface area contributed by atoms with Crippen molar-refractivity contribution in [2.24, 2.45) is 0 Å². The molecule has 3 N–H and O–H groups in total. The summed E-state index contributed by atoms with van der Waals surface area (Å²) >= 11 is 0. The molecule has 37 heavy (non-hydrogen) atoms. The van der Waals surface area contributed by atoms with Gasteiger partial charge in [-0.3, -0.25) is 9.80 Å². The Bertz CT molecular complexity index is 1160. The van der Waals surface area contributed by atoms with Gasteiger partial charge in [-0.1, -0.05) is 13.0 Å². The molecule has 3 aromatic rings. The lowest BCUT2D eigenvalue weighted by atomic mass is 10.1. The number of anilines is 3. The van der Waals surface area contributed by atoms with Crippen LogP contribution in [0, 0.1) is 0 Å². The summed E-state index contributed by atoms with van der Waals surface area (Å²) in [5.74, 6) is 2.01. The number of fused-ring (bicyclic) bond motifs is 1. The minimum atomic E-state index is -0.599. The zero-order valence-electron chi connectivity index (χ0n) is 21.7. The van der Waals surface area contributed by atoms with E-state index in [1.165, 1.54) is 12.0 Å². The van der Waals surface area contributed by atoms with Gasteiger partial charge in [-0.15, -0.1) is 0 Å². The Morgan fingerprint density at radius 3 is 2.43 bits per heavy atom. The van der Waals surface area contributed by atoms with Crippen molar-refractivity contribution >= 4 is 28.5 Å². The number of nitrogens with zero attached hydrogens (tertiary/aromatic N) is 7. The third-order valence-electron chi connectivity index (χ3n) is 7.30. The van der Waals surface area contributed by atoms with Crippen LogP contribution in [0.4, 0.5) is 17.6 Å². The Balaban J connectivity index is 1.30. The van der Waals surface area contributed by atoms with Gasteiger partial charge in [0.2, 0.25) is 5.95 Å². The normalized spacial score (nSPS) is 18.3. The van der Waals surface area contributed by atoms with E-state index in [-0.39, 0.29) is 6.61 Å². The lowest BCUT2D eigenvalue weighted by Gasteiger charge is -2.34. The number of aromatic nitrogens is 4. The number of piperazine rings is 1. The summed E-state index contributed by atoms with van der Waals surface area (Å²) < 4.78 is 0. The molecule has 198 valence electrons. The van der Waals surface area contributed by atoms with Crippen LogP contribution in [-0.2, 0) is 6.54 Å². The summed E-state index contributed by atoms with van der Waals surface area (Å²) in [5, 5.41) is 23.7. The van der Waals surface area contributed by atoms with E-state index in [4.69, 9.17) is 15.1 Å². The fraction of sp³-hybridized carbons (Fsp3) is 0.556. The number of piperidine rings is 1. The fourth-order valence-electron chi connectivity index (χ4n) is 5.09. The van der Waals surface area contributed by atoms with Gasteiger partial charge < -0.3 is 20.4 Å². The summed E-state index contributed by atoms with van der Waals surface area (Å²) in [5.41, 5.74) is 2.63. The molecular weight excluding hydrogens is 468 g/mol. The third-order valence-corrected chi connectivity index (χ3v) is 7.30. The van der Waals surface area contributed by atoms with Crippen molar-refractivity contribution in [2.45, 2.75) is 45.3 Å². The Hall–Kier alpha value is -2.92. The Morgan fingerprint density at radius 2 is 1.73 bits per heavy atom. The zero-order valence-corrected chi connectivity index (χ0v) is 21.7. The van der Waals surface area contributed by atoms with Crippen LogP contribution in [0.3, 0.4) is 0 Å². The van der Waals surface area contributed by atoms with Crippen molar-refractivity contribution in [3.63, 3.8) is 0 Å². The van der Waals surface area contributed by atoms with Crippen LogP contribution in [-0.4, -0.2) is 92.4 Å². The number of aliphatic hydroxyl groups is 2. The molecule has 2 aliphatic heterocycles. The molecule has 5 heterocycles. The van der Waals surface area contributed by atoms with Gasteiger partial charge in [0.25, 0.3) is 0 Å². The minimum Gasteiger partial charge on any atom is -0.395 e. The molecule has 0 amide bonds. The first-order valence-electron chi connectivity index (χ1n) is 13.5. The number of hydrogen-bond donors (Lipinski definition) is 3. The van der Waals surface area contributed by atoms with Gasteiger partial charge in [-0.25, -0.2) is 19.9 Å². The lowest BCUT2D eigenvalue weighted by molar-refractivity contribution is 0.108. The number of pyridine rings is 2. The minimum absolute atomic E-state index is 0.221. The molecule has 1 unspecified atom stereocenters. The largest absolute Gasteiger partial charge is 0.395 e. The van der Waals surface area contributed by atoms with E-state index in [1.54, 1.807) is 6.20 Å². The number of β-amino-alcohol motifs (C(OH)–C–C–N with tert-alkyl or cyclic N) is 1. The van der Waals surface area contributed by atoms with Crippen molar-refractivity contribution in [2.75, 3.05) is 62.6 Å². The maximum atomic E-state index is 10.5. The zero-order chi connectivity index (χ0) is 25.6. The molecule has 2 fully saturated rings. The average molecular weight is 507 g/mol. The average Bonchev–Trinajstić information content (AvgIpc) is 2.95. The lowest BCUT2D eigenvalue weighted by Crippen LogP contribution is -2.46. The molecule has 1 atom stereocenters. The highest BCUT2D eigenvalue weighted by Crippen LogP contribution is 2.30. The van der Waals surface area contributed by atoms with Crippen molar-refractivity contribution in [3.05, 3.63) is 41.9 Å². The predicted molar refractivity (Wildman–Crippen MR) is 145 cm³/mol. The number of hydrogen-bond acceptors (Lipinski definition) is 10. The van der Waals surface area contributed by atoms with E-state index in [1.807, 2.05) is 25.3 Å². The summed E-state index contributed by atoms with van der Waals surface area (Å²) in [4.78, 5) is 25.8. The monoisotopic (exact) mass is 506 g/mol. The van der Waals surface area contributed by atoms with Gasteiger partial charge in [0.15, 0.2) is 5.82 Å². The second-order valence-electron chi connectivity index (χ2n) is 9.99. The van der Waals surface area contributed by atoms with Crippen molar-refractivity contribution < 1.29 is 10.2 Å². The molecule has 3 aromatic heterocycles. The molecule has 0 bridgehead atoms. The highest BCUT2D eigenvalue weighted by Gasteiger charge is 2.20. The maximum absolute atomic E-state index is 10.5. The van der Waals surface area contributed by atoms with Crippen molar-refractivity contribution in [1.82, 2.24) is 29.7 Å². The Labute approximate surface area is 218 Å². The highest BCUT2D eigenvalue weighted by atomic mass is 16.3. The van der Waals surface area contributed by atoms with Crippen molar-refractivity contribution in [3.8, 4) is 0 Å².